The predicted octanol–water partition coefficient (Wildman–Crippen LogP) is 11.4. The summed E-state index contributed by atoms with van der Waals surface area (Å²) in [5.74, 6) is 0. The van der Waals surface area contributed by atoms with Crippen LogP contribution >= 0.6 is 15.7 Å². The first-order valence-electron chi connectivity index (χ1n) is 17.3. The molecule has 4 rings (SSSR count). The molecule has 4 aromatic rings. The first kappa shape index (κ1) is 50.5. The topological polar surface area (TPSA) is 79.1 Å². The molecule has 3 heterocycles. The summed E-state index contributed by atoms with van der Waals surface area (Å²) in [6, 6.07) is 12.6. The van der Waals surface area contributed by atoms with Crippen LogP contribution < -0.4 is 21.3 Å². The van der Waals surface area contributed by atoms with Crippen molar-refractivity contribution in [3.63, 3.8) is 0 Å². The van der Waals surface area contributed by atoms with Crippen LogP contribution in [-0.4, -0.2) is 24.1 Å². The average molecular weight is 880 g/mol. The van der Waals surface area contributed by atoms with E-state index in [2.05, 4.69) is 141 Å². The molecule has 7 nitrogen and oxygen atoms in total. The number of nitriles is 1. The van der Waals surface area contributed by atoms with E-state index in [0.29, 0.717) is 6.04 Å². The van der Waals surface area contributed by atoms with E-state index < -0.39 is 15.7 Å². The molecule has 1 N–H and O–H groups in total. The first-order valence-corrected chi connectivity index (χ1v) is 20.6. The molecule has 1 aromatic carbocycles. The van der Waals surface area contributed by atoms with E-state index in [4.69, 9.17) is 15.2 Å². The standard InChI is InChI=1S/C30H51N6P.C5H5.C2H3N.F6P.Ru/c1-19(2)34-16-22(28(7,8)9)31-25(34)37(26-32-23(29(10,11)12)17-35(26)20(3)4)27-33-24(30(13,14)15)18-36(27)21(5)6;1-2-4-5-3-1;1-2-3;1-7(2,3,4,5)6;/h16-21H,1-15H3;1-5H;1H3;;/q;-1;;-1;+1/p+1. The fourth-order valence-electron chi connectivity index (χ4n) is 4.54. The summed E-state index contributed by atoms with van der Waals surface area (Å²) in [4.78, 5) is 14.7. The van der Waals surface area contributed by atoms with Gasteiger partial charge in [-0.05, 0) is 41.5 Å². The second kappa shape index (κ2) is 17.6. The van der Waals surface area contributed by atoms with Crippen LogP contribution in [0, 0.1) is 11.3 Å². The van der Waals surface area contributed by atoms with Crippen LogP contribution in [0.4, 0.5) is 25.2 Å². The maximum absolute atomic E-state index is 10.7. The van der Waals surface area contributed by atoms with Gasteiger partial charge in [-0.3, -0.25) is 0 Å². The van der Waals surface area contributed by atoms with E-state index >= 15 is 0 Å². The molecule has 0 saturated carbocycles. The fraction of sp³-hybridized carbons (Fsp3) is 0.595. The Kier molecular flexibility index (Phi) is 16.7. The van der Waals surface area contributed by atoms with Gasteiger partial charge < -0.3 is 9.13 Å². The van der Waals surface area contributed by atoms with Crippen LogP contribution in [0.3, 0.4) is 0 Å². The molecule has 303 valence electrons. The Morgan fingerprint density at radius 1 is 0.755 bits per heavy atom. The van der Waals surface area contributed by atoms with Gasteiger partial charge in [0.25, 0.3) is 5.57 Å². The van der Waals surface area contributed by atoms with Gasteiger partial charge in [0.2, 0.25) is 0 Å². The number of aromatic nitrogens is 6. The minimum Gasteiger partial charge on any atom is -0.214 e. The average Bonchev–Trinajstić information content (AvgIpc) is 3.73. The smallest absolute Gasteiger partial charge is 0.214 e. The quantitative estimate of drug-likeness (QED) is 0.0689. The number of nitrogens with zero attached hydrogens (tertiary/aromatic N) is 6. The minimum absolute atomic E-state index is 0. The summed E-state index contributed by atoms with van der Waals surface area (Å²) in [6.45, 7) is 35.3. The number of aromatic amines is 1. The van der Waals surface area contributed by atoms with Crippen LogP contribution in [-0.2, 0) is 35.7 Å². The van der Waals surface area contributed by atoms with Gasteiger partial charge in [0.1, 0.15) is 11.9 Å². The Morgan fingerprint density at radius 2 is 1.09 bits per heavy atom. The summed E-state index contributed by atoms with van der Waals surface area (Å²) in [5.41, 5.74) is 6.84. The zero-order valence-electron chi connectivity index (χ0n) is 34.0. The Bertz CT molecular complexity index is 1560. The summed E-state index contributed by atoms with van der Waals surface area (Å²) < 4.78 is 66.4. The third kappa shape index (κ3) is 17.3. The predicted molar refractivity (Wildman–Crippen MR) is 205 cm³/mol. The molecule has 0 unspecified atom stereocenters. The first-order chi connectivity index (χ1) is 23.1. The normalized spacial score (nSPS) is 13.5. The van der Waals surface area contributed by atoms with E-state index in [9.17, 15) is 25.2 Å². The number of hydrogen-bond acceptors (Lipinski definition) is 3. The molecule has 16 heteroatoms. The van der Waals surface area contributed by atoms with Gasteiger partial charge in [0.05, 0.1) is 23.5 Å². The van der Waals surface area contributed by atoms with E-state index in [1.165, 1.54) is 18.2 Å². The second-order valence-corrected chi connectivity index (χ2v) is 20.4. The molecule has 0 atom stereocenters. The van der Waals surface area contributed by atoms with Gasteiger partial charge in [-0.1, -0.05) is 62.3 Å². The van der Waals surface area contributed by atoms with Gasteiger partial charge in [-0.2, -0.15) is 23.5 Å². The third-order valence-electron chi connectivity index (χ3n) is 7.37. The van der Waals surface area contributed by atoms with Crippen molar-refractivity contribution in [2.75, 3.05) is 0 Å². The fourth-order valence-corrected chi connectivity index (χ4v) is 7.31. The summed E-state index contributed by atoms with van der Waals surface area (Å²) in [7, 11) is -11.7. The number of rotatable bonds is 6. The van der Waals surface area contributed by atoms with Gasteiger partial charge in [0.15, 0.2) is 19.1 Å². The van der Waals surface area contributed by atoms with Crippen molar-refractivity contribution in [1.29, 1.82) is 5.26 Å². The maximum atomic E-state index is 9.87. The molecule has 53 heavy (non-hydrogen) atoms. The van der Waals surface area contributed by atoms with Gasteiger partial charge in [-0.15, -0.1) is 0 Å². The van der Waals surface area contributed by atoms with Crippen molar-refractivity contribution in [3.8, 4) is 6.07 Å². The van der Waals surface area contributed by atoms with Crippen molar-refractivity contribution in [1.82, 2.24) is 24.1 Å². The van der Waals surface area contributed by atoms with Gasteiger partial charge >= 0.3 is 52.5 Å². The molecule has 0 aliphatic carbocycles. The molecule has 0 amide bonds. The summed E-state index contributed by atoms with van der Waals surface area (Å²) in [6.07, 6.45) is 6.86. The number of halogens is 6. The van der Waals surface area contributed by atoms with Gasteiger partial charge in [0, 0.05) is 47.6 Å². The zero-order chi connectivity index (χ0) is 40.9. The molecule has 0 aliphatic heterocycles. The van der Waals surface area contributed by atoms with Crippen LogP contribution in [0.25, 0.3) is 0 Å². The Hall–Kier alpha value is -2.47. The van der Waals surface area contributed by atoms with Gasteiger partial charge in [-0.25, -0.2) is 31.7 Å². The van der Waals surface area contributed by atoms with Crippen LogP contribution in [0.2, 0.25) is 0 Å². The van der Waals surface area contributed by atoms with E-state index in [1.54, 1.807) is 6.07 Å². The van der Waals surface area contributed by atoms with E-state index in [0.717, 1.165) is 22.5 Å². The second-order valence-electron chi connectivity index (χ2n) is 16.6. The molecule has 1 radical (unpaired) electrons. The molecule has 0 spiro atoms. The van der Waals surface area contributed by atoms with Crippen molar-refractivity contribution < 1.29 is 49.2 Å². The molecule has 0 fully saturated rings. The molecule has 3 aromatic heterocycles. The van der Waals surface area contributed by atoms with E-state index in [1.807, 2.05) is 30.3 Å². The molecular weight excluding hydrogens is 819 g/mol. The Morgan fingerprint density at radius 3 is 1.32 bits per heavy atom. The number of imidazole rings is 3. The summed E-state index contributed by atoms with van der Waals surface area (Å²) in [5, 5.41) is 7.32. The largest absolute Gasteiger partial charge is 1.00 e. The monoisotopic (exact) mass is 880 g/mol. The molecular formula is C37H60F6N7P2Ru. The Balaban J connectivity index is 0.00000141. The van der Waals surface area contributed by atoms with Crippen LogP contribution in [0.5, 0.6) is 0 Å². The Labute approximate surface area is 327 Å². The number of hydrogen-bond donors (Lipinski definition) is 1. The van der Waals surface area contributed by atoms with Crippen LogP contribution in [0.15, 0.2) is 48.9 Å². The SMILES string of the molecule is CC#N.CC(C)n1cc(C(C)(C)C)nc1P(c1nc(C(C)(C)C)cn1C(C)C)c1[nH]c(C(C)(C)C)c[n+]1C(C)C.F[P-](F)(F)(F)(F)F.[Ru+].c1cc[cH-]c1. The molecule has 0 bridgehead atoms. The molecule has 0 saturated heterocycles. The van der Waals surface area contributed by atoms with E-state index in [-0.39, 0.29) is 47.8 Å². The number of nitrogens with one attached hydrogen (secondary N) is 1. The van der Waals surface area contributed by atoms with Crippen LogP contribution in [0.1, 0.15) is 146 Å². The summed E-state index contributed by atoms with van der Waals surface area (Å²) >= 11 is 0. The zero-order valence-corrected chi connectivity index (χ0v) is 37.6. The minimum atomic E-state index is -10.7. The maximum Gasteiger partial charge on any atom is 1.00 e. The third-order valence-corrected chi connectivity index (χ3v) is 9.59. The van der Waals surface area contributed by atoms with Crippen molar-refractivity contribution in [2.45, 2.75) is 145 Å². The number of H-pyrrole nitrogens is 1. The van der Waals surface area contributed by atoms with Crippen molar-refractivity contribution in [3.05, 3.63) is 66.0 Å². The van der Waals surface area contributed by atoms with Crippen molar-refractivity contribution >= 4 is 32.4 Å². The van der Waals surface area contributed by atoms with Crippen molar-refractivity contribution in [2.24, 2.45) is 0 Å². The molecule has 0 aliphatic rings.